The first-order valence-electron chi connectivity index (χ1n) is 13.8. The van der Waals surface area contributed by atoms with Gasteiger partial charge in [0, 0.05) is 16.1 Å². The zero-order valence-electron chi connectivity index (χ0n) is 23.4. The Morgan fingerprint density at radius 3 is 2.02 bits per heavy atom. The Morgan fingerprint density at radius 2 is 1.32 bits per heavy atom. The van der Waals surface area contributed by atoms with Crippen LogP contribution in [-0.2, 0) is 9.59 Å². The van der Waals surface area contributed by atoms with Crippen molar-refractivity contribution in [3.8, 4) is 0 Å². The summed E-state index contributed by atoms with van der Waals surface area (Å²) in [5.74, 6) is -1.13. The molecule has 0 fully saturated rings. The van der Waals surface area contributed by atoms with Crippen molar-refractivity contribution in [1.29, 1.82) is 0 Å². The maximum Gasteiger partial charge on any atom is 0.272 e. The molecule has 44 heavy (non-hydrogen) atoms. The minimum atomic E-state index is -0.600. The molecule has 218 valence electrons. The first kappa shape index (κ1) is 30.4. The van der Waals surface area contributed by atoms with Crippen LogP contribution < -0.4 is 16.0 Å². The van der Waals surface area contributed by atoms with E-state index in [0.717, 1.165) is 16.0 Å². The number of carbonyl (C=O) groups is 3. The maximum absolute atomic E-state index is 13.5. The molecule has 0 aromatic heterocycles. The van der Waals surface area contributed by atoms with E-state index in [9.17, 15) is 14.4 Å². The van der Waals surface area contributed by atoms with Crippen LogP contribution in [0, 0.1) is 0 Å². The fourth-order valence-corrected chi connectivity index (χ4v) is 5.57. The van der Waals surface area contributed by atoms with Gasteiger partial charge in [0.15, 0.2) is 0 Å². The second kappa shape index (κ2) is 14.9. The summed E-state index contributed by atoms with van der Waals surface area (Å²) in [6.07, 6.45) is 1.62. The van der Waals surface area contributed by atoms with E-state index < -0.39 is 17.1 Å². The summed E-state index contributed by atoms with van der Waals surface area (Å²) in [6.45, 7) is 0. The predicted molar refractivity (Wildman–Crippen MR) is 179 cm³/mol. The molecular weight excluding hydrogens is 590 g/mol. The van der Waals surface area contributed by atoms with Gasteiger partial charge in [-0.1, -0.05) is 109 Å². The van der Waals surface area contributed by atoms with Gasteiger partial charge in [0.25, 0.3) is 11.8 Å². The van der Waals surface area contributed by atoms with Crippen LogP contribution in [0.3, 0.4) is 0 Å². The fourth-order valence-electron chi connectivity index (χ4n) is 4.30. The molecule has 0 heterocycles. The van der Waals surface area contributed by atoms with E-state index in [4.69, 9.17) is 11.6 Å². The average molecular weight is 618 g/mol. The summed E-state index contributed by atoms with van der Waals surface area (Å²) in [4.78, 5) is 40.7. The quantitative estimate of drug-likeness (QED) is 0.109. The number of carbonyl (C=O) groups excluding carboxylic acids is 3. The van der Waals surface area contributed by atoms with Crippen molar-refractivity contribution in [2.24, 2.45) is 0 Å². The Hall–Kier alpha value is -5.11. The molecule has 0 bridgehead atoms. The second-order valence-electron chi connectivity index (χ2n) is 9.65. The van der Waals surface area contributed by atoms with Crippen LogP contribution in [0.15, 0.2) is 150 Å². The first-order chi connectivity index (χ1) is 21.5. The molecule has 5 aromatic rings. The van der Waals surface area contributed by atoms with E-state index in [1.165, 1.54) is 11.8 Å². The highest BCUT2D eigenvalue weighted by Crippen LogP contribution is 2.37. The molecule has 0 saturated carbocycles. The highest BCUT2D eigenvalue weighted by atomic mass is 35.5. The van der Waals surface area contributed by atoms with Gasteiger partial charge in [0.2, 0.25) is 5.91 Å². The molecule has 0 aliphatic rings. The molecule has 1 unspecified atom stereocenters. The molecule has 3 N–H and O–H groups in total. The van der Waals surface area contributed by atoms with Gasteiger partial charge in [-0.15, -0.1) is 11.8 Å². The molecule has 5 aromatic carbocycles. The molecular formula is C36H28ClN3O3S. The lowest BCUT2D eigenvalue weighted by atomic mass is 10.1. The summed E-state index contributed by atoms with van der Waals surface area (Å²) in [5, 5.41) is 8.43. The molecule has 8 heteroatoms. The highest BCUT2D eigenvalue weighted by Gasteiger charge is 2.23. The number of hydrogen-bond donors (Lipinski definition) is 3. The lowest BCUT2D eigenvalue weighted by Crippen LogP contribution is -2.30. The predicted octanol–water partition coefficient (Wildman–Crippen LogP) is 8.22. The Labute approximate surface area is 265 Å². The molecule has 0 spiro atoms. The van der Waals surface area contributed by atoms with Crippen LogP contribution in [0.1, 0.15) is 26.7 Å². The van der Waals surface area contributed by atoms with E-state index in [0.29, 0.717) is 22.0 Å². The summed E-state index contributed by atoms with van der Waals surface area (Å²) in [7, 11) is 0. The summed E-state index contributed by atoms with van der Waals surface area (Å²) in [5.41, 5.74) is 3.12. The van der Waals surface area contributed by atoms with Crippen molar-refractivity contribution < 1.29 is 14.4 Å². The van der Waals surface area contributed by atoms with Gasteiger partial charge in [-0.25, -0.2) is 0 Å². The van der Waals surface area contributed by atoms with Crippen molar-refractivity contribution >= 4 is 58.5 Å². The van der Waals surface area contributed by atoms with Gasteiger partial charge in [0.1, 0.15) is 10.9 Å². The van der Waals surface area contributed by atoms with Gasteiger partial charge in [-0.2, -0.15) is 0 Å². The molecule has 0 aliphatic carbocycles. The van der Waals surface area contributed by atoms with E-state index in [1.807, 2.05) is 72.8 Å². The molecule has 0 aliphatic heterocycles. The summed E-state index contributed by atoms with van der Waals surface area (Å²) >= 11 is 7.64. The lowest BCUT2D eigenvalue weighted by Gasteiger charge is -2.18. The number of nitrogens with one attached hydrogen (secondary N) is 3. The van der Waals surface area contributed by atoms with Crippen LogP contribution in [0.4, 0.5) is 11.4 Å². The zero-order valence-corrected chi connectivity index (χ0v) is 25.0. The van der Waals surface area contributed by atoms with Gasteiger partial charge in [-0.3, -0.25) is 14.4 Å². The normalized spacial score (nSPS) is 11.7. The number of para-hydroxylation sites is 1. The minimum Gasteiger partial charge on any atom is -0.323 e. The average Bonchev–Trinajstić information content (AvgIpc) is 3.06. The monoisotopic (exact) mass is 617 g/mol. The lowest BCUT2D eigenvalue weighted by molar-refractivity contribution is -0.116. The van der Waals surface area contributed by atoms with Crippen LogP contribution in [-0.4, -0.2) is 17.7 Å². The largest absolute Gasteiger partial charge is 0.323 e. The standard InChI is InChI=1S/C36H28ClN3O3S/c37-30-21-10-11-22-31(30)39-36(43)33(26-15-6-2-7-16-26)44-29-20-12-19-28(24-29)38-35(42)32(23-25-13-4-1-5-14-25)40-34(41)27-17-8-3-9-18-27/h1-24,33H,(H,38,42)(H,39,43)(H,40,41)/b32-23-. The number of anilines is 2. The smallest absolute Gasteiger partial charge is 0.272 e. The number of amides is 3. The van der Waals surface area contributed by atoms with Gasteiger partial charge < -0.3 is 16.0 Å². The number of thioether (sulfide) groups is 1. The van der Waals surface area contributed by atoms with E-state index in [1.54, 1.807) is 72.8 Å². The highest BCUT2D eigenvalue weighted by molar-refractivity contribution is 8.00. The third-order valence-electron chi connectivity index (χ3n) is 6.46. The first-order valence-corrected chi connectivity index (χ1v) is 15.0. The Kier molecular flexibility index (Phi) is 10.3. The van der Waals surface area contributed by atoms with Crippen LogP contribution in [0.25, 0.3) is 6.08 Å². The van der Waals surface area contributed by atoms with Gasteiger partial charge in [-0.05, 0) is 59.7 Å². The Morgan fingerprint density at radius 1 is 0.682 bits per heavy atom. The second-order valence-corrected chi connectivity index (χ2v) is 11.2. The fraction of sp³-hybridized carbons (Fsp3) is 0.0278. The molecule has 1 atom stereocenters. The SMILES string of the molecule is O=C(Nc1cccc(SC(C(=O)Nc2ccccc2Cl)c2ccccc2)c1)/C(=C/c1ccccc1)NC(=O)c1ccccc1. The number of hydrogen-bond acceptors (Lipinski definition) is 4. The Bertz CT molecular complexity index is 1780. The number of halogens is 1. The third-order valence-corrected chi connectivity index (χ3v) is 8.04. The molecule has 6 nitrogen and oxygen atoms in total. The van der Waals surface area contributed by atoms with E-state index >= 15 is 0 Å². The van der Waals surface area contributed by atoms with Gasteiger partial charge in [0.05, 0.1) is 10.7 Å². The van der Waals surface area contributed by atoms with E-state index in [2.05, 4.69) is 16.0 Å². The topological polar surface area (TPSA) is 87.3 Å². The van der Waals surface area contributed by atoms with Crippen molar-refractivity contribution in [3.63, 3.8) is 0 Å². The molecule has 3 amide bonds. The van der Waals surface area contributed by atoms with Crippen LogP contribution in [0.5, 0.6) is 0 Å². The summed E-state index contributed by atoms with van der Waals surface area (Å²) < 4.78 is 0. The minimum absolute atomic E-state index is 0.0874. The third kappa shape index (κ3) is 8.25. The number of benzene rings is 5. The van der Waals surface area contributed by atoms with Crippen molar-refractivity contribution in [2.75, 3.05) is 10.6 Å². The van der Waals surface area contributed by atoms with Crippen LogP contribution >= 0.6 is 23.4 Å². The molecule has 0 saturated heterocycles. The van der Waals surface area contributed by atoms with Gasteiger partial charge >= 0.3 is 0 Å². The maximum atomic E-state index is 13.5. The van der Waals surface area contributed by atoms with Crippen molar-refractivity contribution in [2.45, 2.75) is 10.1 Å². The van der Waals surface area contributed by atoms with Crippen molar-refractivity contribution in [3.05, 3.63) is 167 Å². The Balaban J connectivity index is 1.37. The zero-order chi connectivity index (χ0) is 30.7. The van der Waals surface area contributed by atoms with Crippen LogP contribution in [0.2, 0.25) is 5.02 Å². The number of rotatable bonds is 10. The molecule has 0 radical (unpaired) electrons. The molecule has 5 rings (SSSR count). The van der Waals surface area contributed by atoms with E-state index in [-0.39, 0.29) is 11.6 Å². The summed E-state index contributed by atoms with van der Waals surface area (Å²) in [6, 6.07) is 41.7. The van der Waals surface area contributed by atoms with Crippen molar-refractivity contribution in [1.82, 2.24) is 5.32 Å².